The second-order valence-corrected chi connectivity index (χ2v) is 6.93. The van der Waals surface area contributed by atoms with Crippen molar-refractivity contribution in [2.45, 2.75) is 33.2 Å². The molecular weight excluding hydrogens is 296 g/mol. The quantitative estimate of drug-likeness (QED) is 0.800. The second-order valence-electron chi connectivity index (χ2n) is 6.93. The van der Waals surface area contributed by atoms with E-state index in [1.807, 2.05) is 6.20 Å². The van der Waals surface area contributed by atoms with Crippen molar-refractivity contribution >= 4 is 11.2 Å². The summed E-state index contributed by atoms with van der Waals surface area (Å²) in [6.45, 7) is 7.43. The summed E-state index contributed by atoms with van der Waals surface area (Å²) in [5.41, 5.74) is 5.62. The van der Waals surface area contributed by atoms with Crippen LogP contribution in [0.25, 0.3) is 22.6 Å². The molecule has 1 aliphatic heterocycles. The summed E-state index contributed by atoms with van der Waals surface area (Å²) in [7, 11) is 0. The maximum absolute atomic E-state index is 4.95. The van der Waals surface area contributed by atoms with Gasteiger partial charge in [0.25, 0.3) is 0 Å². The van der Waals surface area contributed by atoms with Crippen molar-refractivity contribution in [1.29, 1.82) is 0 Å². The fraction of sp³-hybridized carbons (Fsp3) is 0.400. The number of rotatable bonds is 3. The Hall–Kier alpha value is -2.20. The Balaban J connectivity index is 1.85. The number of hydrogen-bond donors (Lipinski definition) is 1. The third-order valence-corrected chi connectivity index (χ3v) is 4.95. The number of piperidine rings is 1. The van der Waals surface area contributed by atoms with Crippen LogP contribution in [0.3, 0.4) is 0 Å². The predicted octanol–water partition coefficient (Wildman–Crippen LogP) is 3.71. The number of nitrogens with zero attached hydrogens (tertiary/aromatic N) is 3. The van der Waals surface area contributed by atoms with Crippen LogP contribution in [0.1, 0.15) is 24.0 Å². The third-order valence-electron chi connectivity index (χ3n) is 4.95. The molecule has 124 valence electrons. The molecule has 1 unspecified atom stereocenters. The molecule has 1 saturated heterocycles. The monoisotopic (exact) mass is 320 g/mol. The molecule has 0 saturated carbocycles. The zero-order chi connectivity index (χ0) is 16.5. The standard InChI is InChI=1S/C20H24N4/c1-14-10-18-20(22-11-14)24(13-16-7-5-9-21-12-16)19(23-18)17-8-4-3-6-15(17)2/h3-4,6,8,10-11,16,21H,5,7,9,12-13H2,1-2H3. The van der Waals surface area contributed by atoms with Gasteiger partial charge in [-0.3, -0.25) is 0 Å². The number of hydrogen-bond acceptors (Lipinski definition) is 3. The zero-order valence-electron chi connectivity index (χ0n) is 14.4. The SMILES string of the molecule is Cc1cnc2c(c1)nc(-c1ccccc1C)n2CC1CCCNC1. The van der Waals surface area contributed by atoms with Gasteiger partial charge in [-0.2, -0.15) is 0 Å². The number of benzene rings is 1. The van der Waals surface area contributed by atoms with Crippen LogP contribution >= 0.6 is 0 Å². The lowest BCUT2D eigenvalue weighted by Crippen LogP contribution is -2.32. The van der Waals surface area contributed by atoms with E-state index < -0.39 is 0 Å². The van der Waals surface area contributed by atoms with Crippen LogP contribution < -0.4 is 5.32 Å². The summed E-state index contributed by atoms with van der Waals surface area (Å²) in [5.74, 6) is 1.69. The van der Waals surface area contributed by atoms with Crippen molar-refractivity contribution in [3.05, 3.63) is 47.7 Å². The number of aryl methyl sites for hydroxylation is 2. The molecule has 3 heterocycles. The van der Waals surface area contributed by atoms with Gasteiger partial charge < -0.3 is 9.88 Å². The molecule has 0 bridgehead atoms. The van der Waals surface area contributed by atoms with Crippen LogP contribution in [0.2, 0.25) is 0 Å². The van der Waals surface area contributed by atoms with E-state index in [2.05, 4.69) is 54.1 Å². The first kappa shape index (κ1) is 15.3. The van der Waals surface area contributed by atoms with Gasteiger partial charge in [0.1, 0.15) is 11.3 Å². The van der Waals surface area contributed by atoms with Crippen molar-refractivity contribution in [2.75, 3.05) is 13.1 Å². The third kappa shape index (κ3) is 2.82. The summed E-state index contributed by atoms with van der Waals surface area (Å²) in [4.78, 5) is 9.65. The Kier molecular flexibility index (Phi) is 4.07. The van der Waals surface area contributed by atoms with Crippen molar-refractivity contribution in [1.82, 2.24) is 19.9 Å². The largest absolute Gasteiger partial charge is 0.316 e. The lowest BCUT2D eigenvalue weighted by Gasteiger charge is -2.24. The van der Waals surface area contributed by atoms with Gasteiger partial charge >= 0.3 is 0 Å². The fourth-order valence-corrected chi connectivity index (χ4v) is 3.65. The van der Waals surface area contributed by atoms with Crippen LogP contribution in [0, 0.1) is 19.8 Å². The lowest BCUT2D eigenvalue weighted by molar-refractivity contribution is 0.341. The van der Waals surface area contributed by atoms with Gasteiger partial charge in [0.2, 0.25) is 0 Å². The van der Waals surface area contributed by atoms with Crippen LogP contribution in [0.5, 0.6) is 0 Å². The van der Waals surface area contributed by atoms with Crippen LogP contribution in [0.4, 0.5) is 0 Å². The molecule has 1 aromatic carbocycles. The average Bonchev–Trinajstić information content (AvgIpc) is 2.93. The van der Waals surface area contributed by atoms with Crippen molar-refractivity contribution in [2.24, 2.45) is 5.92 Å². The Labute approximate surface area is 142 Å². The molecule has 2 aromatic heterocycles. The van der Waals surface area contributed by atoms with E-state index in [1.54, 1.807) is 0 Å². The lowest BCUT2D eigenvalue weighted by atomic mass is 9.99. The molecular formula is C20H24N4. The average molecular weight is 320 g/mol. The normalized spacial score (nSPS) is 18.2. The van der Waals surface area contributed by atoms with Gasteiger partial charge in [-0.25, -0.2) is 9.97 Å². The molecule has 1 atom stereocenters. The minimum atomic E-state index is 0.641. The highest BCUT2D eigenvalue weighted by atomic mass is 15.1. The van der Waals surface area contributed by atoms with E-state index >= 15 is 0 Å². The molecule has 4 rings (SSSR count). The van der Waals surface area contributed by atoms with E-state index in [0.717, 1.165) is 42.2 Å². The van der Waals surface area contributed by atoms with Crippen LogP contribution in [0.15, 0.2) is 36.5 Å². The minimum Gasteiger partial charge on any atom is -0.316 e. The first-order valence-corrected chi connectivity index (χ1v) is 8.82. The Morgan fingerprint density at radius 1 is 1.25 bits per heavy atom. The Morgan fingerprint density at radius 2 is 2.12 bits per heavy atom. The summed E-state index contributed by atoms with van der Waals surface area (Å²) < 4.78 is 2.33. The zero-order valence-corrected chi connectivity index (χ0v) is 14.4. The fourth-order valence-electron chi connectivity index (χ4n) is 3.65. The minimum absolute atomic E-state index is 0.641. The van der Waals surface area contributed by atoms with Gasteiger partial charge in [0.05, 0.1) is 0 Å². The highest BCUT2D eigenvalue weighted by Crippen LogP contribution is 2.28. The summed E-state index contributed by atoms with van der Waals surface area (Å²) in [6, 6.07) is 10.6. The molecule has 1 fully saturated rings. The summed E-state index contributed by atoms with van der Waals surface area (Å²) in [6.07, 6.45) is 4.47. The highest BCUT2D eigenvalue weighted by Gasteiger charge is 2.20. The molecule has 0 radical (unpaired) electrons. The van der Waals surface area contributed by atoms with Crippen LogP contribution in [-0.2, 0) is 6.54 Å². The number of aromatic nitrogens is 3. The first-order chi connectivity index (χ1) is 11.7. The Bertz CT molecular complexity index is 859. The van der Waals surface area contributed by atoms with E-state index in [4.69, 9.17) is 9.97 Å². The van der Waals surface area contributed by atoms with Gasteiger partial charge in [0, 0.05) is 18.3 Å². The predicted molar refractivity (Wildman–Crippen MR) is 98.0 cm³/mol. The van der Waals surface area contributed by atoms with Gasteiger partial charge in [-0.15, -0.1) is 0 Å². The molecule has 0 aliphatic carbocycles. The van der Waals surface area contributed by atoms with E-state index in [0.29, 0.717) is 5.92 Å². The van der Waals surface area contributed by atoms with Gasteiger partial charge in [0.15, 0.2) is 5.65 Å². The van der Waals surface area contributed by atoms with Gasteiger partial charge in [-0.05, 0) is 62.9 Å². The molecule has 4 heteroatoms. The summed E-state index contributed by atoms with van der Waals surface area (Å²) in [5, 5.41) is 3.52. The van der Waals surface area contributed by atoms with E-state index in [-0.39, 0.29) is 0 Å². The molecule has 0 amide bonds. The number of nitrogens with one attached hydrogen (secondary N) is 1. The Morgan fingerprint density at radius 3 is 2.92 bits per heavy atom. The van der Waals surface area contributed by atoms with Crippen molar-refractivity contribution in [3.8, 4) is 11.4 Å². The number of pyridine rings is 1. The molecule has 1 N–H and O–H groups in total. The molecule has 24 heavy (non-hydrogen) atoms. The van der Waals surface area contributed by atoms with Crippen molar-refractivity contribution in [3.63, 3.8) is 0 Å². The summed E-state index contributed by atoms with van der Waals surface area (Å²) >= 11 is 0. The molecule has 1 aliphatic rings. The molecule has 0 spiro atoms. The number of imidazole rings is 1. The maximum Gasteiger partial charge on any atom is 0.160 e. The maximum atomic E-state index is 4.95. The van der Waals surface area contributed by atoms with Gasteiger partial charge in [-0.1, -0.05) is 24.3 Å². The second kappa shape index (κ2) is 6.36. The first-order valence-electron chi connectivity index (χ1n) is 8.82. The molecule has 4 nitrogen and oxygen atoms in total. The highest BCUT2D eigenvalue weighted by molar-refractivity contribution is 5.78. The van der Waals surface area contributed by atoms with Crippen molar-refractivity contribution < 1.29 is 0 Å². The van der Waals surface area contributed by atoms with Crippen LogP contribution in [-0.4, -0.2) is 27.6 Å². The molecule has 3 aromatic rings. The smallest absolute Gasteiger partial charge is 0.160 e. The van der Waals surface area contributed by atoms with E-state index in [9.17, 15) is 0 Å². The topological polar surface area (TPSA) is 42.7 Å². The van der Waals surface area contributed by atoms with E-state index in [1.165, 1.54) is 24.0 Å². The number of fused-ring (bicyclic) bond motifs is 1.